The third-order valence-corrected chi connectivity index (χ3v) is 5.12. The van der Waals surface area contributed by atoms with Crippen molar-refractivity contribution >= 4 is 12.2 Å². The predicted molar refractivity (Wildman–Crippen MR) is 113 cm³/mol. The molecule has 0 amide bonds. The van der Waals surface area contributed by atoms with E-state index in [-0.39, 0.29) is 5.82 Å². The van der Waals surface area contributed by atoms with Crippen molar-refractivity contribution in [2.24, 2.45) is 0 Å². The van der Waals surface area contributed by atoms with Crippen LogP contribution in [0.1, 0.15) is 31.2 Å². The number of allylic oxidation sites excluding steroid dienone is 2. The highest BCUT2D eigenvalue weighted by atomic mass is 19.1. The minimum absolute atomic E-state index is 0.222. The van der Waals surface area contributed by atoms with Gasteiger partial charge in [-0.3, -0.25) is 0 Å². The number of fused-ring (bicyclic) bond motifs is 1. The molecule has 0 bridgehead atoms. The van der Waals surface area contributed by atoms with E-state index in [9.17, 15) is 9.50 Å². The van der Waals surface area contributed by atoms with E-state index in [1.54, 1.807) is 18.2 Å². The van der Waals surface area contributed by atoms with E-state index in [1.807, 2.05) is 18.2 Å². The fraction of sp³-hybridized carbons (Fsp3) is 0.200. The summed E-state index contributed by atoms with van der Waals surface area (Å²) in [6, 6.07) is 16.3. The summed E-state index contributed by atoms with van der Waals surface area (Å²) in [5.74, 6) is 0.102. The van der Waals surface area contributed by atoms with Crippen LogP contribution >= 0.6 is 0 Å². The van der Waals surface area contributed by atoms with Gasteiger partial charge in [0.05, 0.1) is 0 Å². The Hall–Kier alpha value is -3.07. The molecule has 0 atom stereocenters. The van der Waals surface area contributed by atoms with Crippen molar-refractivity contribution in [1.29, 1.82) is 0 Å². The zero-order valence-electron chi connectivity index (χ0n) is 15.8. The molecular formula is C25H24FNO. The zero-order valence-corrected chi connectivity index (χ0v) is 15.8. The maximum absolute atomic E-state index is 13.6. The molecule has 4 rings (SSSR count). The van der Waals surface area contributed by atoms with Crippen LogP contribution in [0.15, 0.2) is 66.2 Å². The lowest BCUT2D eigenvalue weighted by atomic mass is 10.0. The van der Waals surface area contributed by atoms with Crippen LogP contribution in [-0.4, -0.2) is 10.1 Å². The maximum atomic E-state index is 13.6. The predicted octanol–water partition coefficient (Wildman–Crippen LogP) is 4.83. The van der Waals surface area contributed by atoms with Gasteiger partial charge in [-0.05, 0) is 84.9 Å². The Kier molecular flexibility index (Phi) is 5.43. The number of aromatic amines is 1. The summed E-state index contributed by atoms with van der Waals surface area (Å²) in [7, 11) is 0. The van der Waals surface area contributed by atoms with Gasteiger partial charge in [-0.1, -0.05) is 36.4 Å². The van der Waals surface area contributed by atoms with Crippen molar-refractivity contribution in [3.8, 4) is 17.0 Å². The van der Waals surface area contributed by atoms with E-state index in [2.05, 4.69) is 35.3 Å². The SMILES string of the molecule is Oc1cccc(CCCC2=CCCC=c3cc(-c4cccc(F)c4)[nH]c3=C2)c1. The monoisotopic (exact) mass is 373 g/mol. The number of H-pyrrole nitrogens is 1. The Balaban J connectivity index is 1.54. The van der Waals surface area contributed by atoms with E-state index in [4.69, 9.17) is 0 Å². The second-order valence-electron chi connectivity index (χ2n) is 7.29. The molecule has 0 spiro atoms. The maximum Gasteiger partial charge on any atom is 0.123 e. The summed E-state index contributed by atoms with van der Waals surface area (Å²) in [4.78, 5) is 3.46. The first kappa shape index (κ1) is 18.3. The number of phenolic OH excluding ortho intramolecular Hbond substituents is 1. The Morgan fingerprint density at radius 1 is 0.929 bits per heavy atom. The number of phenols is 1. The second-order valence-corrected chi connectivity index (χ2v) is 7.29. The van der Waals surface area contributed by atoms with Gasteiger partial charge >= 0.3 is 0 Å². The minimum atomic E-state index is -0.222. The molecule has 3 heteroatoms. The van der Waals surface area contributed by atoms with Gasteiger partial charge in [-0.25, -0.2) is 4.39 Å². The van der Waals surface area contributed by atoms with Crippen LogP contribution in [0.25, 0.3) is 23.4 Å². The van der Waals surface area contributed by atoms with Crippen LogP contribution in [0.2, 0.25) is 0 Å². The molecule has 1 aliphatic rings. The Morgan fingerprint density at radius 3 is 2.64 bits per heavy atom. The molecule has 0 fully saturated rings. The van der Waals surface area contributed by atoms with Crippen LogP contribution in [-0.2, 0) is 6.42 Å². The van der Waals surface area contributed by atoms with E-state index < -0.39 is 0 Å². The molecule has 0 saturated carbocycles. The van der Waals surface area contributed by atoms with Gasteiger partial charge in [0.1, 0.15) is 11.6 Å². The van der Waals surface area contributed by atoms with Crippen molar-refractivity contribution in [2.45, 2.75) is 32.1 Å². The molecule has 2 aromatic carbocycles. The van der Waals surface area contributed by atoms with Gasteiger partial charge in [0.2, 0.25) is 0 Å². The number of halogens is 1. The largest absolute Gasteiger partial charge is 0.508 e. The van der Waals surface area contributed by atoms with Gasteiger partial charge in [0.15, 0.2) is 0 Å². The van der Waals surface area contributed by atoms with Crippen LogP contribution in [0.5, 0.6) is 5.75 Å². The number of aromatic nitrogens is 1. The van der Waals surface area contributed by atoms with Crippen molar-refractivity contribution in [3.05, 3.63) is 88.2 Å². The highest BCUT2D eigenvalue weighted by Gasteiger charge is 2.05. The van der Waals surface area contributed by atoms with Crippen molar-refractivity contribution in [3.63, 3.8) is 0 Å². The number of benzene rings is 2. The molecule has 28 heavy (non-hydrogen) atoms. The number of aryl methyl sites for hydroxylation is 1. The van der Waals surface area contributed by atoms with Gasteiger partial charge in [-0.2, -0.15) is 0 Å². The summed E-state index contributed by atoms with van der Waals surface area (Å²) < 4.78 is 13.6. The van der Waals surface area contributed by atoms with Crippen LogP contribution in [0.3, 0.4) is 0 Å². The lowest BCUT2D eigenvalue weighted by molar-refractivity contribution is 0.474. The topological polar surface area (TPSA) is 36.0 Å². The zero-order chi connectivity index (χ0) is 19.3. The van der Waals surface area contributed by atoms with Crippen molar-refractivity contribution in [1.82, 2.24) is 4.98 Å². The molecule has 1 aromatic heterocycles. The van der Waals surface area contributed by atoms with Gasteiger partial charge < -0.3 is 10.1 Å². The lowest BCUT2D eigenvalue weighted by Gasteiger charge is -2.05. The highest BCUT2D eigenvalue weighted by Crippen LogP contribution is 2.18. The smallest absolute Gasteiger partial charge is 0.123 e. The number of hydrogen-bond donors (Lipinski definition) is 2. The molecule has 0 aliphatic heterocycles. The summed E-state index contributed by atoms with van der Waals surface area (Å²) >= 11 is 0. The molecule has 3 aromatic rings. The number of aromatic hydroxyl groups is 1. The van der Waals surface area contributed by atoms with E-state index >= 15 is 0 Å². The first-order chi connectivity index (χ1) is 13.7. The fourth-order valence-corrected chi connectivity index (χ4v) is 3.72. The molecule has 2 nitrogen and oxygen atoms in total. The quantitative estimate of drug-likeness (QED) is 0.660. The third-order valence-electron chi connectivity index (χ3n) is 5.12. The van der Waals surface area contributed by atoms with Crippen LogP contribution < -0.4 is 10.6 Å². The average Bonchev–Trinajstić information content (AvgIpc) is 3.05. The summed E-state index contributed by atoms with van der Waals surface area (Å²) in [5.41, 5.74) is 4.29. The first-order valence-corrected chi connectivity index (χ1v) is 9.81. The Morgan fingerprint density at radius 2 is 1.79 bits per heavy atom. The Bertz CT molecular complexity index is 1120. The molecule has 0 saturated heterocycles. The van der Waals surface area contributed by atoms with Crippen molar-refractivity contribution in [2.75, 3.05) is 0 Å². The van der Waals surface area contributed by atoms with Crippen LogP contribution in [0, 0.1) is 5.82 Å². The summed E-state index contributed by atoms with van der Waals surface area (Å²) in [6.07, 6.45) is 11.8. The first-order valence-electron chi connectivity index (χ1n) is 9.81. The van der Waals surface area contributed by atoms with Crippen molar-refractivity contribution < 1.29 is 9.50 Å². The average molecular weight is 373 g/mol. The molecule has 2 N–H and O–H groups in total. The van der Waals surface area contributed by atoms with Gasteiger partial charge in [0, 0.05) is 16.6 Å². The number of hydrogen-bond acceptors (Lipinski definition) is 1. The van der Waals surface area contributed by atoms with E-state index in [1.165, 1.54) is 16.9 Å². The normalized spacial score (nSPS) is 13.5. The second kappa shape index (κ2) is 8.30. The standard InChI is InChI=1S/C25H24FNO/c26-22-12-5-11-20(16-22)25-17-21-10-2-1-6-19(15-24(21)27-25)8-3-7-18-9-4-13-23(28)14-18/h4-6,9-17,27-28H,1-3,7-8H2. The number of rotatable bonds is 5. The molecule has 0 radical (unpaired) electrons. The molecular weight excluding hydrogens is 349 g/mol. The van der Waals surface area contributed by atoms with Gasteiger partial charge in [0.25, 0.3) is 0 Å². The molecule has 1 heterocycles. The molecule has 1 aliphatic carbocycles. The lowest BCUT2D eigenvalue weighted by Crippen LogP contribution is -2.22. The van der Waals surface area contributed by atoms with Crippen LogP contribution in [0.4, 0.5) is 4.39 Å². The number of nitrogens with one attached hydrogen (secondary N) is 1. The van der Waals surface area contributed by atoms with Gasteiger partial charge in [-0.15, -0.1) is 0 Å². The fourth-order valence-electron chi connectivity index (χ4n) is 3.72. The molecule has 0 unspecified atom stereocenters. The highest BCUT2D eigenvalue weighted by molar-refractivity contribution is 5.61. The minimum Gasteiger partial charge on any atom is -0.508 e. The third kappa shape index (κ3) is 4.42. The summed E-state index contributed by atoms with van der Waals surface area (Å²) in [6.45, 7) is 0. The summed E-state index contributed by atoms with van der Waals surface area (Å²) in [5, 5.41) is 11.9. The molecule has 142 valence electrons. The van der Waals surface area contributed by atoms with E-state index in [0.717, 1.165) is 54.3 Å². The van der Waals surface area contributed by atoms with E-state index in [0.29, 0.717) is 5.75 Å². The Labute approximate surface area is 164 Å².